The van der Waals surface area contributed by atoms with E-state index in [1.54, 1.807) is 4.90 Å². The third kappa shape index (κ3) is 8.81. The van der Waals surface area contributed by atoms with E-state index in [2.05, 4.69) is 17.2 Å². The van der Waals surface area contributed by atoms with Crippen LogP contribution >= 0.6 is 0 Å². The van der Waals surface area contributed by atoms with Crippen molar-refractivity contribution >= 4 is 17.5 Å². The fraction of sp³-hybridized carbons (Fsp3) is 0.407. The molecule has 0 aliphatic carbocycles. The summed E-state index contributed by atoms with van der Waals surface area (Å²) in [7, 11) is 0. The van der Waals surface area contributed by atoms with Gasteiger partial charge in [0.05, 0.1) is 51.9 Å². The summed E-state index contributed by atoms with van der Waals surface area (Å²) in [5, 5.41) is 2.80. The predicted octanol–water partition coefficient (Wildman–Crippen LogP) is 1.84. The molecule has 1 heterocycles. The van der Waals surface area contributed by atoms with Crippen molar-refractivity contribution in [1.29, 1.82) is 0 Å². The number of amides is 2. The van der Waals surface area contributed by atoms with Gasteiger partial charge in [-0.15, -0.1) is 0 Å². The number of nitrogens with two attached hydrogens (primary N) is 1. The molecule has 35 heavy (non-hydrogen) atoms. The first kappa shape index (κ1) is 26.4. The second-order valence-electron chi connectivity index (χ2n) is 7.88. The number of rotatable bonds is 14. The van der Waals surface area contributed by atoms with Crippen LogP contribution in [0.15, 0.2) is 48.5 Å². The maximum absolute atomic E-state index is 13.1. The molecule has 3 rings (SSSR count). The van der Waals surface area contributed by atoms with Gasteiger partial charge in [0.25, 0.3) is 0 Å². The molecule has 0 atom stereocenters. The molecule has 2 aromatic carbocycles. The Morgan fingerprint density at radius 3 is 2.23 bits per heavy atom. The van der Waals surface area contributed by atoms with Gasteiger partial charge in [-0.05, 0) is 23.8 Å². The van der Waals surface area contributed by atoms with Crippen molar-refractivity contribution in [2.75, 3.05) is 57.6 Å². The standard InChI is InChI=1S/C27H33N3O5/c28-13-16-34-18-20-35-19-17-33-15-12-26(31)29-14-11-27(32)30-21-24-7-2-1-5-22(24)9-10-23-6-3-4-8-25(23)30/h1-8H,11-21,28H2,(H,29,31). The minimum absolute atomic E-state index is 0.0694. The number of ether oxygens (including phenoxy) is 3. The van der Waals surface area contributed by atoms with Gasteiger partial charge in [-0.25, -0.2) is 0 Å². The second-order valence-corrected chi connectivity index (χ2v) is 7.88. The third-order valence-electron chi connectivity index (χ3n) is 5.31. The molecule has 0 radical (unpaired) electrons. The number of anilines is 1. The van der Waals surface area contributed by atoms with Gasteiger partial charge in [-0.2, -0.15) is 0 Å². The van der Waals surface area contributed by atoms with E-state index in [1.165, 1.54) is 0 Å². The van der Waals surface area contributed by atoms with Gasteiger partial charge in [-0.3, -0.25) is 9.59 Å². The number of fused-ring (bicyclic) bond motifs is 2. The van der Waals surface area contributed by atoms with E-state index in [9.17, 15) is 9.59 Å². The van der Waals surface area contributed by atoms with Crippen molar-refractivity contribution in [3.8, 4) is 11.8 Å². The maximum Gasteiger partial charge on any atom is 0.229 e. The first-order valence-corrected chi connectivity index (χ1v) is 11.9. The molecule has 2 amide bonds. The minimum Gasteiger partial charge on any atom is -0.379 e. The summed E-state index contributed by atoms with van der Waals surface area (Å²) in [6.45, 7) is 3.83. The van der Waals surface area contributed by atoms with Crippen molar-refractivity contribution in [2.45, 2.75) is 19.4 Å². The van der Waals surface area contributed by atoms with Crippen molar-refractivity contribution in [3.05, 3.63) is 65.2 Å². The van der Waals surface area contributed by atoms with Crippen LogP contribution < -0.4 is 16.0 Å². The minimum atomic E-state index is -0.154. The normalized spacial score (nSPS) is 12.0. The number of carbonyl (C=O) groups is 2. The summed E-state index contributed by atoms with van der Waals surface area (Å²) in [5.41, 5.74) is 8.84. The maximum atomic E-state index is 13.1. The molecule has 8 nitrogen and oxygen atoms in total. The average Bonchev–Trinajstić information content (AvgIpc) is 2.86. The Balaban J connectivity index is 1.39. The third-order valence-corrected chi connectivity index (χ3v) is 5.31. The number of para-hydroxylation sites is 1. The van der Waals surface area contributed by atoms with E-state index in [0.29, 0.717) is 52.7 Å². The molecule has 0 bridgehead atoms. The summed E-state index contributed by atoms with van der Waals surface area (Å²) in [6, 6.07) is 15.5. The van der Waals surface area contributed by atoms with Crippen LogP contribution in [-0.4, -0.2) is 64.5 Å². The molecule has 0 spiro atoms. The Morgan fingerprint density at radius 1 is 0.829 bits per heavy atom. The highest BCUT2D eigenvalue weighted by Crippen LogP contribution is 2.25. The molecule has 0 aromatic heterocycles. The van der Waals surface area contributed by atoms with Gasteiger partial charge in [0, 0.05) is 37.1 Å². The molecule has 1 aliphatic rings. The molecule has 8 heteroatoms. The van der Waals surface area contributed by atoms with Gasteiger partial charge in [0.2, 0.25) is 11.8 Å². The summed E-state index contributed by atoms with van der Waals surface area (Å²) in [4.78, 5) is 27.0. The first-order chi connectivity index (χ1) is 17.2. The van der Waals surface area contributed by atoms with Crippen molar-refractivity contribution < 1.29 is 23.8 Å². The van der Waals surface area contributed by atoms with Gasteiger partial charge in [-0.1, -0.05) is 42.2 Å². The van der Waals surface area contributed by atoms with Crippen molar-refractivity contribution in [1.82, 2.24) is 5.32 Å². The lowest BCUT2D eigenvalue weighted by molar-refractivity contribution is -0.122. The molecule has 186 valence electrons. The Labute approximate surface area is 206 Å². The quantitative estimate of drug-likeness (QED) is 0.317. The molecule has 0 fully saturated rings. The first-order valence-electron chi connectivity index (χ1n) is 11.9. The van der Waals surface area contributed by atoms with E-state index in [-0.39, 0.29) is 31.2 Å². The van der Waals surface area contributed by atoms with Crippen molar-refractivity contribution in [3.63, 3.8) is 0 Å². The average molecular weight is 480 g/mol. The van der Waals surface area contributed by atoms with E-state index in [1.807, 2.05) is 48.5 Å². The van der Waals surface area contributed by atoms with Gasteiger partial charge >= 0.3 is 0 Å². The smallest absolute Gasteiger partial charge is 0.229 e. The van der Waals surface area contributed by atoms with E-state index in [0.717, 1.165) is 22.4 Å². The number of carbonyl (C=O) groups excluding carboxylic acids is 2. The highest BCUT2D eigenvalue weighted by molar-refractivity contribution is 5.95. The van der Waals surface area contributed by atoms with Crippen LogP contribution in [0, 0.1) is 11.8 Å². The SMILES string of the molecule is NCCOCCOCCOCCC(=O)NCCC(=O)N1Cc2ccccc2C#Cc2ccccc21. The van der Waals surface area contributed by atoms with Crippen LogP contribution in [-0.2, 0) is 30.3 Å². The van der Waals surface area contributed by atoms with Crippen LogP contribution in [0.1, 0.15) is 29.5 Å². The van der Waals surface area contributed by atoms with E-state index < -0.39 is 0 Å². The molecule has 1 aliphatic heterocycles. The number of nitrogens with one attached hydrogen (secondary N) is 1. The largest absolute Gasteiger partial charge is 0.379 e. The van der Waals surface area contributed by atoms with Gasteiger partial charge < -0.3 is 30.2 Å². The van der Waals surface area contributed by atoms with Crippen LogP contribution in [0.2, 0.25) is 0 Å². The Hall–Kier alpha value is -3.22. The summed E-state index contributed by atoms with van der Waals surface area (Å²) in [6.07, 6.45) is 0.417. The van der Waals surface area contributed by atoms with Crippen LogP contribution in [0.3, 0.4) is 0 Å². The van der Waals surface area contributed by atoms with Crippen molar-refractivity contribution in [2.24, 2.45) is 5.73 Å². The predicted molar refractivity (Wildman–Crippen MR) is 134 cm³/mol. The zero-order chi connectivity index (χ0) is 24.7. The fourth-order valence-corrected chi connectivity index (χ4v) is 3.53. The van der Waals surface area contributed by atoms with Crippen LogP contribution in [0.25, 0.3) is 0 Å². The number of benzene rings is 2. The van der Waals surface area contributed by atoms with Crippen LogP contribution in [0.5, 0.6) is 0 Å². The lowest BCUT2D eigenvalue weighted by Crippen LogP contribution is -2.35. The van der Waals surface area contributed by atoms with E-state index in [4.69, 9.17) is 19.9 Å². The Morgan fingerprint density at radius 2 is 1.46 bits per heavy atom. The fourth-order valence-electron chi connectivity index (χ4n) is 3.53. The Kier molecular flexibility index (Phi) is 11.2. The molecular weight excluding hydrogens is 446 g/mol. The zero-order valence-corrected chi connectivity index (χ0v) is 20.0. The molecule has 0 saturated heterocycles. The topological polar surface area (TPSA) is 103 Å². The number of hydrogen-bond acceptors (Lipinski definition) is 6. The molecular formula is C27H33N3O5. The molecule has 0 unspecified atom stereocenters. The molecule has 0 saturated carbocycles. The number of hydrogen-bond donors (Lipinski definition) is 2. The summed E-state index contributed by atoms with van der Waals surface area (Å²) in [5.74, 6) is 6.17. The Bertz CT molecular complexity index is 1030. The molecule has 2 aromatic rings. The van der Waals surface area contributed by atoms with Gasteiger partial charge in [0.1, 0.15) is 0 Å². The lowest BCUT2D eigenvalue weighted by Gasteiger charge is -2.26. The molecule has 3 N–H and O–H groups in total. The van der Waals surface area contributed by atoms with Crippen LogP contribution in [0.4, 0.5) is 5.69 Å². The zero-order valence-electron chi connectivity index (χ0n) is 20.0. The second kappa shape index (κ2) is 14.9. The van der Waals surface area contributed by atoms with E-state index >= 15 is 0 Å². The van der Waals surface area contributed by atoms with Gasteiger partial charge in [0.15, 0.2) is 0 Å². The summed E-state index contributed by atoms with van der Waals surface area (Å²) >= 11 is 0. The lowest BCUT2D eigenvalue weighted by atomic mass is 10.0. The highest BCUT2D eigenvalue weighted by atomic mass is 16.5. The number of nitrogens with zero attached hydrogens (tertiary/aromatic N) is 1. The monoisotopic (exact) mass is 479 g/mol. The highest BCUT2D eigenvalue weighted by Gasteiger charge is 2.21. The summed E-state index contributed by atoms with van der Waals surface area (Å²) < 4.78 is 16.0.